The number of anilines is 3. The average Bonchev–Trinajstić information content (AvgIpc) is 2.87. The normalized spacial score (nSPS) is 11.9. The molecule has 0 saturated heterocycles. The van der Waals surface area contributed by atoms with Crippen LogP contribution in [0.5, 0.6) is 0 Å². The number of nitrogen functional groups attached to an aromatic ring is 1. The zero-order chi connectivity index (χ0) is 15.1. The lowest BCUT2D eigenvalue weighted by atomic mass is 10.1. The molecular formula is C17H13FN4. The van der Waals surface area contributed by atoms with Crippen molar-refractivity contribution in [2.75, 3.05) is 11.1 Å². The second kappa shape index (κ2) is 4.80. The number of rotatable bonds is 2. The maximum Gasteiger partial charge on any atom is 0.222 e. The van der Waals surface area contributed by atoms with E-state index in [1.807, 2.05) is 12.1 Å². The van der Waals surface area contributed by atoms with E-state index in [0.29, 0.717) is 5.82 Å². The summed E-state index contributed by atoms with van der Waals surface area (Å²) in [4.78, 5) is 8.67. The summed E-state index contributed by atoms with van der Waals surface area (Å²) in [7, 11) is 0. The van der Waals surface area contributed by atoms with Gasteiger partial charge in [-0.1, -0.05) is 24.3 Å². The third-order valence-electron chi connectivity index (χ3n) is 3.75. The van der Waals surface area contributed by atoms with Gasteiger partial charge in [0.1, 0.15) is 11.6 Å². The quantitative estimate of drug-likeness (QED) is 0.593. The van der Waals surface area contributed by atoms with Gasteiger partial charge in [0.25, 0.3) is 0 Å². The number of nitrogens with one attached hydrogen (secondary N) is 1. The summed E-state index contributed by atoms with van der Waals surface area (Å²) in [5.74, 6) is 0.610. The fourth-order valence-corrected chi connectivity index (χ4v) is 2.80. The van der Waals surface area contributed by atoms with Gasteiger partial charge in [0, 0.05) is 17.7 Å². The number of nitrogens with two attached hydrogens (primary N) is 1. The lowest BCUT2D eigenvalue weighted by Crippen LogP contribution is -2.04. The first-order valence-electron chi connectivity index (χ1n) is 6.98. The highest BCUT2D eigenvalue weighted by atomic mass is 19.1. The first-order valence-corrected chi connectivity index (χ1v) is 6.98. The van der Waals surface area contributed by atoms with Crippen molar-refractivity contribution < 1.29 is 4.39 Å². The molecule has 1 aromatic heterocycles. The van der Waals surface area contributed by atoms with Gasteiger partial charge in [-0.2, -0.15) is 4.98 Å². The molecule has 5 heteroatoms. The molecule has 0 unspecified atom stereocenters. The lowest BCUT2D eigenvalue weighted by Gasteiger charge is -2.11. The van der Waals surface area contributed by atoms with Crippen LogP contribution in [0.1, 0.15) is 11.3 Å². The van der Waals surface area contributed by atoms with E-state index in [1.54, 1.807) is 12.1 Å². The molecule has 4 rings (SSSR count). The largest absolute Gasteiger partial charge is 0.368 e. The topological polar surface area (TPSA) is 63.8 Å². The van der Waals surface area contributed by atoms with Crippen LogP contribution in [0.3, 0.4) is 0 Å². The van der Waals surface area contributed by atoms with Gasteiger partial charge in [-0.3, -0.25) is 0 Å². The second-order valence-electron chi connectivity index (χ2n) is 5.22. The van der Waals surface area contributed by atoms with Crippen molar-refractivity contribution in [2.45, 2.75) is 6.42 Å². The van der Waals surface area contributed by atoms with E-state index in [4.69, 9.17) is 5.73 Å². The van der Waals surface area contributed by atoms with Gasteiger partial charge in [-0.15, -0.1) is 0 Å². The molecule has 4 nitrogen and oxygen atoms in total. The van der Waals surface area contributed by atoms with Crippen LogP contribution in [0.25, 0.3) is 11.1 Å². The van der Waals surface area contributed by atoms with Gasteiger partial charge in [-0.05, 0) is 35.4 Å². The Bertz CT molecular complexity index is 859. The van der Waals surface area contributed by atoms with Crippen LogP contribution in [-0.2, 0) is 6.42 Å². The van der Waals surface area contributed by atoms with E-state index >= 15 is 0 Å². The summed E-state index contributed by atoms with van der Waals surface area (Å²) >= 11 is 0. The highest BCUT2D eigenvalue weighted by Gasteiger charge is 2.24. The molecule has 0 atom stereocenters. The van der Waals surface area contributed by atoms with Crippen molar-refractivity contribution in [1.29, 1.82) is 0 Å². The molecule has 0 radical (unpaired) electrons. The van der Waals surface area contributed by atoms with Gasteiger partial charge in [-0.25, -0.2) is 9.37 Å². The summed E-state index contributed by atoms with van der Waals surface area (Å²) in [6.07, 6.45) is 0.746. The number of fused-ring (bicyclic) bond motifs is 3. The number of nitrogens with zero attached hydrogens (tertiary/aromatic N) is 2. The molecule has 0 aliphatic heterocycles. The molecule has 1 heterocycles. The van der Waals surface area contributed by atoms with Crippen molar-refractivity contribution in [3.8, 4) is 11.1 Å². The molecule has 0 amide bonds. The Morgan fingerprint density at radius 2 is 1.77 bits per heavy atom. The van der Waals surface area contributed by atoms with Crippen LogP contribution in [0, 0.1) is 5.82 Å². The molecule has 0 bridgehead atoms. The molecular weight excluding hydrogens is 279 g/mol. The number of hydrogen-bond acceptors (Lipinski definition) is 4. The Balaban J connectivity index is 1.83. The predicted octanol–water partition coefficient (Wildman–Crippen LogP) is 3.51. The Kier molecular flexibility index (Phi) is 2.79. The SMILES string of the molecule is Nc1nc2c(c(Nc3ccc(F)cc3)n1)-c1ccccc1C2. The van der Waals surface area contributed by atoms with Crippen LogP contribution in [0.4, 0.5) is 21.8 Å². The third kappa shape index (κ3) is 2.07. The van der Waals surface area contributed by atoms with Gasteiger partial charge in [0.15, 0.2) is 0 Å². The molecule has 0 fully saturated rings. The monoisotopic (exact) mass is 292 g/mol. The first-order chi connectivity index (χ1) is 10.7. The summed E-state index contributed by atoms with van der Waals surface area (Å²) in [5.41, 5.74) is 10.8. The summed E-state index contributed by atoms with van der Waals surface area (Å²) in [6.45, 7) is 0. The van der Waals surface area contributed by atoms with Gasteiger partial charge >= 0.3 is 0 Å². The minimum absolute atomic E-state index is 0.233. The van der Waals surface area contributed by atoms with E-state index < -0.39 is 0 Å². The number of benzene rings is 2. The smallest absolute Gasteiger partial charge is 0.222 e. The maximum absolute atomic E-state index is 13.0. The van der Waals surface area contributed by atoms with E-state index in [1.165, 1.54) is 17.7 Å². The lowest BCUT2D eigenvalue weighted by molar-refractivity contribution is 0.628. The average molecular weight is 292 g/mol. The zero-order valence-electron chi connectivity index (χ0n) is 11.7. The molecule has 2 aromatic carbocycles. The fraction of sp³-hybridized carbons (Fsp3) is 0.0588. The highest BCUT2D eigenvalue weighted by molar-refractivity contribution is 5.86. The standard InChI is InChI=1S/C17H13FN4/c18-11-5-7-12(8-6-11)20-16-15-13-4-2-1-3-10(13)9-14(15)21-17(19)22-16/h1-8H,9H2,(H3,19,20,21,22). The molecule has 22 heavy (non-hydrogen) atoms. The Labute approximate surface area is 126 Å². The molecule has 1 aliphatic rings. The number of hydrogen-bond donors (Lipinski definition) is 2. The van der Waals surface area contributed by atoms with Crippen molar-refractivity contribution in [3.63, 3.8) is 0 Å². The predicted molar refractivity (Wildman–Crippen MR) is 84.4 cm³/mol. The number of halogens is 1. The van der Waals surface area contributed by atoms with Crippen LogP contribution in [0.15, 0.2) is 48.5 Å². The zero-order valence-corrected chi connectivity index (χ0v) is 11.7. The Morgan fingerprint density at radius 1 is 1.00 bits per heavy atom. The summed E-state index contributed by atoms with van der Waals surface area (Å²) < 4.78 is 13.0. The molecule has 0 spiro atoms. The van der Waals surface area contributed by atoms with Crippen LogP contribution < -0.4 is 11.1 Å². The maximum atomic E-state index is 13.0. The molecule has 1 aliphatic carbocycles. The molecule has 3 N–H and O–H groups in total. The van der Waals surface area contributed by atoms with E-state index in [0.717, 1.165) is 28.9 Å². The minimum atomic E-state index is -0.275. The van der Waals surface area contributed by atoms with Gasteiger partial charge in [0.05, 0.1) is 5.69 Å². The molecule has 0 saturated carbocycles. The van der Waals surface area contributed by atoms with Gasteiger partial charge < -0.3 is 11.1 Å². The van der Waals surface area contributed by atoms with Crippen LogP contribution in [-0.4, -0.2) is 9.97 Å². The van der Waals surface area contributed by atoms with Crippen LogP contribution >= 0.6 is 0 Å². The van der Waals surface area contributed by atoms with Crippen LogP contribution in [0.2, 0.25) is 0 Å². The van der Waals surface area contributed by atoms with Gasteiger partial charge in [0.2, 0.25) is 5.95 Å². The Hall–Kier alpha value is -2.95. The number of aromatic nitrogens is 2. The summed E-state index contributed by atoms with van der Waals surface area (Å²) in [6, 6.07) is 14.3. The minimum Gasteiger partial charge on any atom is -0.368 e. The summed E-state index contributed by atoms with van der Waals surface area (Å²) in [5, 5.41) is 3.22. The third-order valence-corrected chi connectivity index (χ3v) is 3.75. The first kappa shape index (κ1) is 12.8. The molecule has 108 valence electrons. The van der Waals surface area contributed by atoms with E-state index in [9.17, 15) is 4.39 Å². The Morgan fingerprint density at radius 3 is 2.59 bits per heavy atom. The van der Waals surface area contributed by atoms with Crippen molar-refractivity contribution in [2.24, 2.45) is 0 Å². The highest BCUT2D eigenvalue weighted by Crippen LogP contribution is 2.40. The van der Waals surface area contributed by atoms with E-state index in [2.05, 4.69) is 27.4 Å². The second-order valence-corrected chi connectivity index (χ2v) is 5.22. The fourth-order valence-electron chi connectivity index (χ4n) is 2.80. The molecule has 3 aromatic rings. The van der Waals surface area contributed by atoms with Crippen molar-refractivity contribution in [1.82, 2.24) is 9.97 Å². The van der Waals surface area contributed by atoms with Crippen molar-refractivity contribution in [3.05, 3.63) is 65.6 Å². The van der Waals surface area contributed by atoms with E-state index in [-0.39, 0.29) is 11.8 Å². The van der Waals surface area contributed by atoms with Crippen molar-refractivity contribution >= 4 is 17.5 Å².